The van der Waals surface area contributed by atoms with Crippen LogP contribution in [0, 0.1) is 0 Å². The zero-order valence-electron chi connectivity index (χ0n) is 17.7. The molecule has 2 aromatic carbocycles. The van der Waals surface area contributed by atoms with E-state index in [0.29, 0.717) is 22.8 Å². The summed E-state index contributed by atoms with van der Waals surface area (Å²) in [5.74, 6) is 1.08. The van der Waals surface area contributed by atoms with E-state index in [4.69, 9.17) is 13.9 Å². The molecule has 0 aliphatic carbocycles. The second kappa shape index (κ2) is 9.40. The van der Waals surface area contributed by atoms with E-state index in [1.54, 1.807) is 49.4 Å². The Morgan fingerprint density at radius 3 is 2.56 bits per heavy atom. The summed E-state index contributed by atoms with van der Waals surface area (Å²) in [4.78, 5) is 13.1. The molecule has 32 heavy (non-hydrogen) atoms. The van der Waals surface area contributed by atoms with Crippen molar-refractivity contribution in [3.8, 4) is 28.3 Å². The van der Waals surface area contributed by atoms with Gasteiger partial charge < -0.3 is 24.3 Å². The van der Waals surface area contributed by atoms with Crippen LogP contribution >= 0.6 is 0 Å². The Labute approximate surface area is 185 Å². The molecule has 4 rings (SSSR count). The van der Waals surface area contributed by atoms with Gasteiger partial charge in [0.25, 0.3) is 5.91 Å². The van der Waals surface area contributed by atoms with Crippen LogP contribution < -0.4 is 14.8 Å². The summed E-state index contributed by atoms with van der Waals surface area (Å²) < 4.78 is 17.6. The van der Waals surface area contributed by atoms with Crippen LogP contribution in [0.25, 0.3) is 16.8 Å². The van der Waals surface area contributed by atoms with Gasteiger partial charge in [-0.15, -0.1) is 0 Å². The normalized spacial score (nSPS) is 11.7. The first-order valence-corrected chi connectivity index (χ1v) is 9.98. The van der Waals surface area contributed by atoms with Gasteiger partial charge in [-0.25, -0.2) is 4.68 Å². The van der Waals surface area contributed by atoms with Gasteiger partial charge in [0.15, 0.2) is 17.2 Å². The van der Waals surface area contributed by atoms with Gasteiger partial charge >= 0.3 is 0 Å². The number of furan rings is 1. The van der Waals surface area contributed by atoms with Crippen molar-refractivity contribution >= 4 is 5.91 Å². The molecule has 0 aliphatic heterocycles. The third-order valence-electron chi connectivity index (χ3n) is 4.97. The number of carbonyl (C=O) groups is 1. The van der Waals surface area contributed by atoms with Gasteiger partial charge in [0, 0.05) is 11.8 Å². The second-order valence-corrected chi connectivity index (χ2v) is 6.98. The summed E-state index contributed by atoms with van der Waals surface area (Å²) in [5, 5.41) is 17.5. The highest BCUT2D eigenvalue weighted by Gasteiger charge is 2.21. The fraction of sp³-hybridized carbons (Fsp3) is 0.167. The second-order valence-electron chi connectivity index (χ2n) is 6.98. The fourth-order valence-corrected chi connectivity index (χ4v) is 3.32. The van der Waals surface area contributed by atoms with E-state index < -0.39 is 12.0 Å². The van der Waals surface area contributed by atoms with Crippen LogP contribution in [0.3, 0.4) is 0 Å². The number of hydrogen-bond donors (Lipinski definition) is 2. The third kappa shape index (κ3) is 4.35. The summed E-state index contributed by atoms with van der Waals surface area (Å²) in [6.45, 7) is -0.0179. The number of aromatic nitrogens is 2. The van der Waals surface area contributed by atoms with Gasteiger partial charge in [-0.3, -0.25) is 4.79 Å². The van der Waals surface area contributed by atoms with Gasteiger partial charge in [-0.1, -0.05) is 24.3 Å². The molecule has 2 heterocycles. The lowest BCUT2D eigenvalue weighted by Crippen LogP contribution is -2.29. The summed E-state index contributed by atoms with van der Waals surface area (Å²) in [5.41, 5.74) is 2.37. The molecule has 0 saturated carbocycles. The molecule has 2 N–H and O–H groups in total. The Hall–Kier alpha value is -4.04. The van der Waals surface area contributed by atoms with Crippen LogP contribution in [-0.4, -0.2) is 41.6 Å². The van der Waals surface area contributed by atoms with Crippen molar-refractivity contribution in [1.82, 2.24) is 15.1 Å². The standard InChI is InChI=1S/C24H23N3O5/c1-30-21-11-10-16(13-22(21)31-2)18-15-27(17-7-4-3-5-8-17)26-23(18)24(29)25-14-19(28)20-9-6-12-32-20/h3-13,15,19,28H,14H2,1-2H3,(H,25,29). The van der Waals surface area contributed by atoms with Crippen LogP contribution in [0.4, 0.5) is 0 Å². The van der Waals surface area contributed by atoms with E-state index in [9.17, 15) is 9.90 Å². The molecule has 0 saturated heterocycles. The van der Waals surface area contributed by atoms with E-state index in [2.05, 4.69) is 10.4 Å². The molecule has 0 bridgehead atoms. The lowest BCUT2D eigenvalue weighted by molar-refractivity contribution is 0.0896. The number of hydrogen-bond acceptors (Lipinski definition) is 6. The number of benzene rings is 2. The topological polar surface area (TPSA) is 98.8 Å². The SMILES string of the molecule is COc1ccc(-c2cn(-c3ccccc3)nc2C(=O)NCC(O)c2ccco2)cc1OC. The van der Waals surface area contributed by atoms with Crippen molar-refractivity contribution in [2.24, 2.45) is 0 Å². The molecular formula is C24H23N3O5. The lowest BCUT2D eigenvalue weighted by atomic mass is 10.1. The lowest BCUT2D eigenvalue weighted by Gasteiger charge is -2.11. The van der Waals surface area contributed by atoms with Crippen LogP contribution in [0.5, 0.6) is 11.5 Å². The molecule has 0 radical (unpaired) electrons. The molecule has 4 aromatic rings. The highest BCUT2D eigenvalue weighted by atomic mass is 16.5. The van der Waals surface area contributed by atoms with Crippen molar-refractivity contribution in [3.63, 3.8) is 0 Å². The van der Waals surface area contributed by atoms with Crippen LogP contribution in [0.15, 0.2) is 77.5 Å². The third-order valence-corrected chi connectivity index (χ3v) is 4.97. The number of aliphatic hydroxyl groups is 1. The summed E-state index contributed by atoms with van der Waals surface area (Å²) in [6, 6.07) is 18.2. The molecule has 8 heteroatoms. The van der Waals surface area contributed by atoms with Gasteiger partial charge in [-0.2, -0.15) is 5.10 Å². The fourth-order valence-electron chi connectivity index (χ4n) is 3.32. The van der Waals surface area contributed by atoms with Gasteiger partial charge in [-0.05, 0) is 42.0 Å². The Morgan fingerprint density at radius 1 is 1.09 bits per heavy atom. The number of rotatable bonds is 8. The van der Waals surface area contributed by atoms with Gasteiger partial charge in [0.1, 0.15) is 11.9 Å². The maximum atomic E-state index is 13.1. The molecule has 1 atom stereocenters. The number of nitrogens with one attached hydrogen (secondary N) is 1. The van der Waals surface area contributed by atoms with Gasteiger partial charge in [0.05, 0.1) is 32.7 Å². The van der Waals surface area contributed by atoms with Crippen LogP contribution in [0.1, 0.15) is 22.4 Å². The van der Waals surface area contributed by atoms with E-state index in [-0.39, 0.29) is 12.2 Å². The summed E-state index contributed by atoms with van der Waals surface area (Å²) in [7, 11) is 3.12. The largest absolute Gasteiger partial charge is 0.493 e. The zero-order chi connectivity index (χ0) is 22.5. The van der Waals surface area contributed by atoms with Gasteiger partial charge in [0.2, 0.25) is 0 Å². The highest BCUT2D eigenvalue weighted by Crippen LogP contribution is 2.34. The quantitative estimate of drug-likeness (QED) is 0.440. The Bertz CT molecular complexity index is 1190. The minimum absolute atomic E-state index is 0.0179. The molecule has 1 unspecified atom stereocenters. The molecule has 164 valence electrons. The van der Waals surface area contributed by atoms with Crippen LogP contribution in [0.2, 0.25) is 0 Å². The van der Waals surface area contributed by atoms with E-state index in [0.717, 1.165) is 11.3 Å². The molecular weight excluding hydrogens is 410 g/mol. The van der Waals surface area contributed by atoms with Crippen molar-refractivity contribution < 1.29 is 23.8 Å². The van der Waals surface area contributed by atoms with Crippen LogP contribution in [-0.2, 0) is 0 Å². The molecule has 1 amide bonds. The molecule has 0 spiro atoms. The smallest absolute Gasteiger partial charge is 0.272 e. The first-order valence-electron chi connectivity index (χ1n) is 9.98. The average Bonchev–Trinajstić information content (AvgIpc) is 3.53. The monoisotopic (exact) mass is 433 g/mol. The summed E-state index contributed by atoms with van der Waals surface area (Å²) in [6.07, 6.45) is 2.29. The molecule has 0 aliphatic rings. The van der Waals surface area contributed by atoms with Crippen molar-refractivity contribution in [3.05, 3.63) is 84.6 Å². The van der Waals surface area contributed by atoms with E-state index in [1.807, 2.05) is 36.4 Å². The molecule has 2 aromatic heterocycles. The number of carbonyl (C=O) groups excluding carboxylic acids is 1. The highest BCUT2D eigenvalue weighted by molar-refractivity contribution is 5.99. The van der Waals surface area contributed by atoms with Crippen molar-refractivity contribution in [1.29, 1.82) is 0 Å². The molecule has 8 nitrogen and oxygen atoms in total. The Kier molecular flexibility index (Phi) is 6.23. The first-order chi connectivity index (χ1) is 15.6. The number of amides is 1. The molecule has 0 fully saturated rings. The maximum absolute atomic E-state index is 13.1. The first kappa shape index (κ1) is 21.2. The predicted octanol–water partition coefficient (Wildman–Crippen LogP) is 3.61. The zero-order valence-corrected chi connectivity index (χ0v) is 17.7. The van der Waals surface area contributed by atoms with E-state index >= 15 is 0 Å². The van der Waals surface area contributed by atoms with Crippen molar-refractivity contribution in [2.75, 3.05) is 20.8 Å². The number of ether oxygens (including phenoxy) is 2. The Morgan fingerprint density at radius 2 is 1.88 bits per heavy atom. The minimum atomic E-state index is -0.963. The Balaban J connectivity index is 1.68. The predicted molar refractivity (Wildman–Crippen MR) is 118 cm³/mol. The number of methoxy groups -OCH3 is 2. The summed E-state index contributed by atoms with van der Waals surface area (Å²) >= 11 is 0. The van der Waals surface area contributed by atoms with E-state index in [1.165, 1.54) is 6.26 Å². The average molecular weight is 433 g/mol. The number of nitrogens with zero attached hydrogens (tertiary/aromatic N) is 2. The number of aliphatic hydroxyl groups excluding tert-OH is 1. The number of para-hydroxylation sites is 1. The van der Waals surface area contributed by atoms with Crippen molar-refractivity contribution in [2.45, 2.75) is 6.10 Å². The minimum Gasteiger partial charge on any atom is -0.493 e. The maximum Gasteiger partial charge on any atom is 0.272 e.